The normalized spacial score (nSPS) is 11.0. The van der Waals surface area contributed by atoms with E-state index < -0.39 is 10.8 Å². The molecule has 0 aliphatic carbocycles. The van der Waals surface area contributed by atoms with Crippen molar-refractivity contribution in [3.63, 3.8) is 0 Å². The van der Waals surface area contributed by atoms with Crippen molar-refractivity contribution < 1.29 is 9.72 Å². The van der Waals surface area contributed by atoms with Crippen LogP contribution in [0, 0.1) is 21.4 Å². The van der Waals surface area contributed by atoms with Crippen molar-refractivity contribution in [1.82, 2.24) is 4.57 Å². The molecule has 0 bridgehead atoms. The molecule has 3 rings (SSSR count). The summed E-state index contributed by atoms with van der Waals surface area (Å²) in [7, 11) is 0. The van der Waals surface area contributed by atoms with Gasteiger partial charge in [-0.05, 0) is 48.0 Å². The highest BCUT2D eigenvalue weighted by atomic mass is 35.5. The zero-order valence-electron chi connectivity index (χ0n) is 15.4. The van der Waals surface area contributed by atoms with Gasteiger partial charge in [-0.2, -0.15) is 5.26 Å². The van der Waals surface area contributed by atoms with E-state index in [1.165, 1.54) is 30.3 Å². The Kier molecular flexibility index (Phi) is 6.52. The first kappa shape index (κ1) is 21.1. The average molecular weight is 441 g/mol. The lowest BCUT2D eigenvalue weighted by Crippen LogP contribution is -2.13. The number of nitro benzene ring substituents is 1. The van der Waals surface area contributed by atoms with Crippen molar-refractivity contribution in [2.24, 2.45) is 0 Å². The molecule has 1 amide bonds. The first-order valence-electron chi connectivity index (χ1n) is 8.64. The Morgan fingerprint density at radius 1 is 1.20 bits per heavy atom. The zero-order valence-corrected chi connectivity index (χ0v) is 16.9. The average Bonchev–Trinajstić information content (AvgIpc) is 3.15. The summed E-state index contributed by atoms with van der Waals surface area (Å²) in [6, 6.07) is 16.0. The number of hydrogen-bond acceptors (Lipinski definition) is 4. The third kappa shape index (κ3) is 5.06. The van der Waals surface area contributed by atoms with Crippen LogP contribution in [0.3, 0.4) is 0 Å². The smallest absolute Gasteiger partial charge is 0.269 e. The van der Waals surface area contributed by atoms with Gasteiger partial charge in [-0.1, -0.05) is 29.3 Å². The Morgan fingerprint density at radius 3 is 2.57 bits per heavy atom. The van der Waals surface area contributed by atoms with E-state index in [-0.39, 0.29) is 11.3 Å². The van der Waals surface area contributed by atoms with Crippen LogP contribution in [0.25, 0.3) is 6.08 Å². The minimum absolute atomic E-state index is 0.0947. The number of carbonyl (C=O) groups excluding carboxylic acids is 1. The minimum Gasteiger partial charge on any atom is -0.343 e. The molecule has 0 saturated heterocycles. The topological polar surface area (TPSA) is 101 Å². The number of amides is 1. The number of nitrogens with one attached hydrogen (secondary N) is 1. The number of hydrogen-bond donors (Lipinski definition) is 1. The Labute approximate surface area is 181 Å². The van der Waals surface area contributed by atoms with Crippen LogP contribution in [0.1, 0.15) is 11.3 Å². The fourth-order valence-corrected chi connectivity index (χ4v) is 3.17. The molecule has 0 aliphatic rings. The number of nitriles is 1. The summed E-state index contributed by atoms with van der Waals surface area (Å²) in [5.74, 6) is -0.622. The van der Waals surface area contributed by atoms with E-state index in [9.17, 15) is 20.2 Å². The van der Waals surface area contributed by atoms with Gasteiger partial charge in [0, 0.05) is 46.3 Å². The fourth-order valence-electron chi connectivity index (χ4n) is 2.70. The van der Waals surface area contributed by atoms with Gasteiger partial charge < -0.3 is 9.88 Å². The van der Waals surface area contributed by atoms with Gasteiger partial charge in [0.15, 0.2) is 0 Å². The molecule has 9 heteroatoms. The lowest BCUT2D eigenvalue weighted by Gasteiger charge is -2.09. The monoisotopic (exact) mass is 440 g/mol. The van der Waals surface area contributed by atoms with Crippen molar-refractivity contribution in [2.75, 3.05) is 5.32 Å². The summed E-state index contributed by atoms with van der Waals surface area (Å²) >= 11 is 12.2. The van der Waals surface area contributed by atoms with Crippen LogP contribution in [-0.2, 0) is 11.3 Å². The number of carbonyl (C=O) groups is 1. The molecule has 1 heterocycles. The number of anilines is 1. The molecule has 0 radical (unpaired) electrons. The van der Waals surface area contributed by atoms with E-state index in [1.807, 2.05) is 16.7 Å². The molecule has 3 aromatic rings. The van der Waals surface area contributed by atoms with Gasteiger partial charge >= 0.3 is 0 Å². The number of nitro groups is 1. The van der Waals surface area contributed by atoms with Crippen LogP contribution in [0.2, 0.25) is 10.0 Å². The first-order chi connectivity index (χ1) is 14.4. The molecule has 0 unspecified atom stereocenters. The van der Waals surface area contributed by atoms with E-state index in [0.29, 0.717) is 28.0 Å². The highest BCUT2D eigenvalue weighted by molar-refractivity contribution is 6.35. The first-order valence-corrected chi connectivity index (χ1v) is 9.39. The predicted molar refractivity (Wildman–Crippen MR) is 115 cm³/mol. The van der Waals surface area contributed by atoms with Crippen molar-refractivity contribution >= 4 is 46.6 Å². The summed E-state index contributed by atoms with van der Waals surface area (Å²) in [6.45, 7) is 0.428. The molecular formula is C21H14Cl2N4O3. The third-order valence-electron chi connectivity index (χ3n) is 4.21. The van der Waals surface area contributed by atoms with Crippen LogP contribution in [0.4, 0.5) is 11.4 Å². The molecule has 0 saturated carbocycles. The second-order valence-corrected chi connectivity index (χ2v) is 7.07. The van der Waals surface area contributed by atoms with Crippen LogP contribution < -0.4 is 5.32 Å². The molecule has 0 aliphatic heterocycles. The SMILES string of the molecule is N#C/C(=C\c1cccn1Cc1ccc(Cl)cc1Cl)C(=O)Nc1ccc([N+](=O)[O-])cc1. The number of nitrogens with zero attached hydrogens (tertiary/aromatic N) is 3. The van der Waals surface area contributed by atoms with Crippen LogP contribution in [-0.4, -0.2) is 15.4 Å². The van der Waals surface area contributed by atoms with Gasteiger partial charge in [-0.15, -0.1) is 0 Å². The largest absolute Gasteiger partial charge is 0.343 e. The van der Waals surface area contributed by atoms with E-state index in [4.69, 9.17) is 23.2 Å². The van der Waals surface area contributed by atoms with Gasteiger partial charge in [0.25, 0.3) is 11.6 Å². The highest BCUT2D eigenvalue weighted by Crippen LogP contribution is 2.23. The van der Waals surface area contributed by atoms with Crippen LogP contribution >= 0.6 is 23.2 Å². The van der Waals surface area contributed by atoms with Crippen molar-refractivity contribution in [1.29, 1.82) is 5.26 Å². The lowest BCUT2D eigenvalue weighted by atomic mass is 10.2. The van der Waals surface area contributed by atoms with Crippen molar-refractivity contribution in [3.05, 3.63) is 97.8 Å². The standard InChI is InChI=1S/C21H14Cl2N4O3/c22-16-4-3-14(20(23)11-16)13-26-9-1-2-19(26)10-15(12-24)21(28)25-17-5-7-18(8-6-17)27(29)30/h1-11H,13H2,(H,25,28)/b15-10+. The summed E-state index contributed by atoms with van der Waals surface area (Å²) < 4.78 is 1.84. The quantitative estimate of drug-likeness (QED) is 0.243. The lowest BCUT2D eigenvalue weighted by molar-refractivity contribution is -0.384. The zero-order chi connectivity index (χ0) is 21.7. The predicted octanol–water partition coefficient (Wildman–Crippen LogP) is 5.30. The number of non-ortho nitro benzene ring substituents is 1. The van der Waals surface area contributed by atoms with Gasteiger partial charge in [0.2, 0.25) is 0 Å². The molecule has 2 aromatic carbocycles. The maximum Gasteiger partial charge on any atom is 0.269 e. The van der Waals surface area contributed by atoms with Crippen LogP contribution in [0.15, 0.2) is 66.4 Å². The van der Waals surface area contributed by atoms with E-state index in [2.05, 4.69) is 5.32 Å². The maximum absolute atomic E-state index is 12.5. The fraction of sp³-hybridized carbons (Fsp3) is 0.0476. The van der Waals surface area contributed by atoms with Crippen molar-refractivity contribution in [2.45, 2.75) is 6.54 Å². The molecule has 0 spiro atoms. The molecule has 0 atom stereocenters. The Balaban J connectivity index is 1.79. The summed E-state index contributed by atoms with van der Waals surface area (Å²) in [5, 5.41) is 23.8. The molecular weight excluding hydrogens is 427 g/mol. The Bertz CT molecular complexity index is 1180. The summed E-state index contributed by atoms with van der Waals surface area (Å²) in [5.41, 5.74) is 1.60. The third-order valence-corrected chi connectivity index (χ3v) is 4.80. The second kappa shape index (κ2) is 9.27. The molecule has 30 heavy (non-hydrogen) atoms. The van der Waals surface area contributed by atoms with Gasteiger partial charge in [0.05, 0.1) is 4.92 Å². The second-order valence-electron chi connectivity index (χ2n) is 6.22. The molecule has 7 nitrogen and oxygen atoms in total. The Morgan fingerprint density at radius 2 is 1.93 bits per heavy atom. The Hall–Kier alpha value is -3.60. The van der Waals surface area contributed by atoms with E-state index in [1.54, 1.807) is 30.5 Å². The van der Waals surface area contributed by atoms with Crippen LogP contribution in [0.5, 0.6) is 0 Å². The number of benzene rings is 2. The van der Waals surface area contributed by atoms with E-state index in [0.717, 1.165) is 5.56 Å². The molecule has 150 valence electrons. The van der Waals surface area contributed by atoms with Gasteiger partial charge in [-0.25, -0.2) is 0 Å². The summed E-state index contributed by atoms with van der Waals surface area (Å²) in [6.07, 6.45) is 3.27. The summed E-state index contributed by atoms with van der Waals surface area (Å²) in [4.78, 5) is 22.7. The molecule has 0 fully saturated rings. The maximum atomic E-state index is 12.5. The van der Waals surface area contributed by atoms with Gasteiger partial charge in [-0.3, -0.25) is 14.9 Å². The minimum atomic E-state index is -0.622. The number of rotatable bonds is 6. The highest BCUT2D eigenvalue weighted by Gasteiger charge is 2.13. The number of halogens is 2. The van der Waals surface area contributed by atoms with Gasteiger partial charge in [0.1, 0.15) is 11.6 Å². The molecule has 1 aromatic heterocycles. The van der Waals surface area contributed by atoms with E-state index >= 15 is 0 Å². The van der Waals surface area contributed by atoms with Crippen molar-refractivity contribution in [3.8, 4) is 6.07 Å². The number of aromatic nitrogens is 1. The molecule has 1 N–H and O–H groups in total.